The Morgan fingerprint density at radius 3 is 1.94 bits per heavy atom. The first-order chi connectivity index (χ1) is 17.5. The van der Waals surface area contributed by atoms with E-state index in [0.29, 0.717) is 36.5 Å². The fourth-order valence-corrected chi connectivity index (χ4v) is 3.88. The molecule has 3 aromatic carbocycles. The van der Waals surface area contributed by atoms with E-state index in [2.05, 4.69) is 13.2 Å². The zero-order valence-electron chi connectivity index (χ0n) is 19.7. The van der Waals surface area contributed by atoms with Gasteiger partial charge in [-0.15, -0.1) is 0 Å². The van der Waals surface area contributed by atoms with Gasteiger partial charge in [-0.25, -0.2) is 9.59 Å². The molecule has 0 spiro atoms. The summed E-state index contributed by atoms with van der Waals surface area (Å²) in [6.45, 7) is 7.54. The van der Waals surface area contributed by atoms with Crippen LogP contribution < -0.4 is 4.74 Å². The number of ether oxygens (including phenoxy) is 3. The second-order valence-corrected chi connectivity index (χ2v) is 8.56. The van der Waals surface area contributed by atoms with E-state index in [0.717, 1.165) is 46.5 Å². The molecule has 0 saturated carbocycles. The summed E-state index contributed by atoms with van der Waals surface area (Å²) in [6, 6.07) is 21.7. The molecule has 0 unspecified atom stereocenters. The molecule has 0 atom stereocenters. The van der Waals surface area contributed by atoms with Crippen LogP contribution in [0.2, 0.25) is 0 Å². The molecule has 0 amide bonds. The van der Waals surface area contributed by atoms with Crippen molar-refractivity contribution in [2.45, 2.75) is 17.7 Å². The number of rotatable bonds is 12. The summed E-state index contributed by atoms with van der Waals surface area (Å²) in [5.41, 5.74) is 2.94. The Hall–Kier alpha value is -4.10. The average Bonchev–Trinajstić information content (AvgIpc) is 2.91. The monoisotopic (exact) mass is 502 g/mol. The number of hydrogen-bond donors (Lipinski definition) is 0. The molecule has 3 aromatic rings. The lowest BCUT2D eigenvalue weighted by molar-refractivity contribution is -0.137. The highest BCUT2D eigenvalue weighted by atomic mass is 32.2. The molecule has 0 saturated heterocycles. The number of carbonyl (C=O) groups excluding carboxylic acids is 3. The van der Waals surface area contributed by atoms with Gasteiger partial charge in [0.2, 0.25) is 5.12 Å². The molecule has 36 heavy (non-hydrogen) atoms. The van der Waals surface area contributed by atoms with Gasteiger partial charge >= 0.3 is 11.9 Å². The van der Waals surface area contributed by atoms with Crippen LogP contribution in [0.3, 0.4) is 0 Å². The molecule has 3 rings (SSSR count). The van der Waals surface area contributed by atoms with Crippen molar-refractivity contribution in [3.05, 3.63) is 109 Å². The zero-order valence-corrected chi connectivity index (χ0v) is 20.5. The molecular formula is C29H26O6S. The van der Waals surface area contributed by atoms with Gasteiger partial charge < -0.3 is 14.2 Å². The van der Waals surface area contributed by atoms with Crippen LogP contribution >= 0.6 is 11.8 Å². The van der Waals surface area contributed by atoms with Crippen molar-refractivity contribution in [2.75, 3.05) is 13.2 Å². The van der Waals surface area contributed by atoms with E-state index in [1.165, 1.54) is 0 Å². The van der Waals surface area contributed by atoms with Gasteiger partial charge in [-0.2, -0.15) is 0 Å². The maximum atomic E-state index is 12.7. The molecule has 7 heteroatoms. The van der Waals surface area contributed by atoms with Gasteiger partial charge in [0, 0.05) is 16.5 Å². The first-order valence-corrected chi connectivity index (χ1v) is 12.1. The molecule has 0 aliphatic carbocycles. The van der Waals surface area contributed by atoms with Gasteiger partial charge in [-0.1, -0.05) is 37.4 Å². The van der Waals surface area contributed by atoms with E-state index in [4.69, 9.17) is 14.2 Å². The lowest BCUT2D eigenvalue weighted by Gasteiger charge is -2.08. The van der Waals surface area contributed by atoms with Crippen LogP contribution in [0.4, 0.5) is 0 Å². The Balaban J connectivity index is 1.47. The van der Waals surface area contributed by atoms with Gasteiger partial charge in [0.05, 0.1) is 25.0 Å². The summed E-state index contributed by atoms with van der Waals surface area (Å²) in [5.74, 6) is -0.206. The van der Waals surface area contributed by atoms with Crippen LogP contribution in [0.5, 0.6) is 5.75 Å². The fourth-order valence-electron chi connectivity index (χ4n) is 3.14. The number of unbranched alkanes of at least 4 members (excludes halogenated alkanes) is 1. The van der Waals surface area contributed by atoms with Crippen LogP contribution in [0.25, 0.3) is 11.1 Å². The molecule has 184 valence electrons. The molecule has 0 aliphatic rings. The third-order valence-corrected chi connectivity index (χ3v) is 5.95. The summed E-state index contributed by atoms with van der Waals surface area (Å²) in [7, 11) is 0. The Morgan fingerprint density at radius 1 is 0.750 bits per heavy atom. The predicted octanol–water partition coefficient (Wildman–Crippen LogP) is 6.47. The topological polar surface area (TPSA) is 78.9 Å². The summed E-state index contributed by atoms with van der Waals surface area (Å²) in [6.07, 6.45) is 3.68. The first kappa shape index (κ1) is 26.5. The highest BCUT2D eigenvalue weighted by Gasteiger charge is 2.10. The van der Waals surface area contributed by atoms with E-state index in [1.54, 1.807) is 36.4 Å². The van der Waals surface area contributed by atoms with Crippen molar-refractivity contribution in [1.82, 2.24) is 0 Å². The smallest absolute Gasteiger partial charge is 0.342 e. The molecule has 0 fully saturated rings. The van der Waals surface area contributed by atoms with Crippen molar-refractivity contribution in [3.63, 3.8) is 0 Å². The molecule has 0 aliphatic heterocycles. The Labute approximate surface area is 214 Å². The summed E-state index contributed by atoms with van der Waals surface area (Å²) in [4.78, 5) is 36.2. The lowest BCUT2D eigenvalue weighted by Crippen LogP contribution is -2.04. The minimum atomic E-state index is -0.454. The fraction of sp³-hybridized carbons (Fsp3) is 0.138. The van der Waals surface area contributed by atoms with Gasteiger partial charge in [0.15, 0.2) is 0 Å². The van der Waals surface area contributed by atoms with Gasteiger partial charge in [-0.05, 0) is 84.3 Å². The Morgan fingerprint density at radius 2 is 1.33 bits per heavy atom. The Kier molecular flexibility index (Phi) is 10.1. The SMILES string of the molecule is C=COC(=O)c1ccc(-c2ccc(SC(=O)c3ccc(OCCCCOC(=O)C=C)cc3)cc2)cc1. The van der Waals surface area contributed by atoms with E-state index in [-0.39, 0.29) is 5.12 Å². The Bertz CT molecular complexity index is 1200. The van der Waals surface area contributed by atoms with Crippen molar-refractivity contribution in [2.24, 2.45) is 0 Å². The lowest BCUT2D eigenvalue weighted by atomic mass is 10.0. The highest BCUT2D eigenvalue weighted by molar-refractivity contribution is 8.14. The van der Waals surface area contributed by atoms with E-state index >= 15 is 0 Å². The minimum Gasteiger partial charge on any atom is -0.494 e. The van der Waals surface area contributed by atoms with E-state index in [1.807, 2.05) is 36.4 Å². The normalized spacial score (nSPS) is 10.2. The number of esters is 2. The zero-order chi connectivity index (χ0) is 25.8. The number of thioether (sulfide) groups is 1. The molecule has 6 nitrogen and oxygen atoms in total. The van der Waals surface area contributed by atoms with Crippen molar-refractivity contribution in [3.8, 4) is 16.9 Å². The van der Waals surface area contributed by atoms with Crippen molar-refractivity contribution >= 4 is 28.8 Å². The van der Waals surface area contributed by atoms with Crippen molar-refractivity contribution < 1.29 is 28.6 Å². The largest absolute Gasteiger partial charge is 0.494 e. The summed E-state index contributed by atoms with van der Waals surface area (Å²) >= 11 is 1.15. The third kappa shape index (κ3) is 7.99. The van der Waals surface area contributed by atoms with Crippen LogP contribution in [0, 0.1) is 0 Å². The van der Waals surface area contributed by atoms with Crippen LogP contribution in [-0.4, -0.2) is 30.3 Å². The minimum absolute atomic E-state index is 0.0663. The number of hydrogen-bond acceptors (Lipinski definition) is 7. The maximum Gasteiger partial charge on any atom is 0.342 e. The molecule has 0 radical (unpaired) electrons. The average molecular weight is 503 g/mol. The van der Waals surface area contributed by atoms with Gasteiger partial charge in [-0.3, -0.25) is 4.79 Å². The van der Waals surface area contributed by atoms with Crippen molar-refractivity contribution in [1.29, 1.82) is 0 Å². The van der Waals surface area contributed by atoms with E-state index in [9.17, 15) is 14.4 Å². The molecule has 0 aromatic heterocycles. The maximum absolute atomic E-state index is 12.7. The predicted molar refractivity (Wildman–Crippen MR) is 140 cm³/mol. The summed E-state index contributed by atoms with van der Waals surface area (Å²) in [5, 5.41) is -0.0663. The molecule has 0 bridgehead atoms. The van der Waals surface area contributed by atoms with Crippen LogP contribution in [0.1, 0.15) is 33.6 Å². The second-order valence-electron chi connectivity index (χ2n) is 7.51. The number of benzene rings is 3. The third-order valence-electron chi connectivity index (χ3n) is 5.02. The van der Waals surface area contributed by atoms with Crippen LogP contribution in [0.15, 0.2) is 103 Å². The molecule has 0 heterocycles. The molecular weight excluding hydrogens is 476 g/mol. The van der Waals surface area contributed by atoms with E-state index < -0.39 is 11.9 Å². The first-order valence-electron chi connectivity index (χ1n) is 11.3. The summed E-state index contributed by atoms with van der Waals surface area (Å²) < 4.78 is 15.4. The second kappa shape index (κ2) is 13.7. The molecule has 0 N–H and O–H groups in total. The van der Waals surface area contributed by atoms with Crippen LogP contribution in [-0.2, 0) is 14.3 Å². The highest BCUT2D eigenvalue weighted by Crippen LogP contribution is 2.27. The number of carbonyl (C=O) groups is 3. The quantitative estimate of drug-likeness (QED) is 0.0923. The standard InChI is InChI=1S/C29H26O6S/c1-3-27(30)35-20-6-5-19-34-25-15-11-24(12-16-25)29(32)36-26-17-13-22(14-18-26)21-7-9-23(10-8-21)28(31)33-4-2/h3-4,7-18H,1-2,5-6,19-20H2. The van der Waals surface area contributed by atoms with Gasteiger partial charge in [0.1, 0.15) is 5.75 Å². The van der Waals surface area contributed by atoms with Gasteiger partial charge in [0.25, 0.3) is 0 Å².